The maximum atomic E-state index is 13.2. The summed E-state index contributed by atoms with van der Waals surface area (Å²) in [5.74, 6) is -1.48. The number of nitrogens with zero attached hydrogens (tertiary/aromatic N) is 1. The molecule has 0 saturated heterocycles. The van der Waals surface area contributed by atoms with Gasteiger partial charge in [-0.3, -0.25) is 4.79 Å². The number of thioether (sulfide) groups is 1. The first-order chi connectivity index (χ1) is 7.54. The molecular weight excluding hydrogens is 229 g/mol. The minimum absolute atomic E-state index is 0.0218. The summed E-state index contributed by atoms with van der Waals surface area (Å²) in [5.41, 5.74) is -0.0234. The molecular formula is C11H10FNO2S. The molecule has 0 aliphatic heterocycles. The Kier molecular flexibility index (Phi) is 4.32. The molecule has 0 radical (unpaired) electrons. The smallest absolute Gasteiger partial charge is 0.304 e. The van der Waals surface area contributed by atoms with Crippen molar-refractivity contribution in [1.29, 1.82) is 5.26 Å². The van der Waals surface area contributed by atoms with Gasteiger partial charge in [-0.15, -0.1) is 11.8 Å². The predicted molar refractivity (Wildman–Crippen MR) is 58.7 cm³/mol. The summed E-state index contributed by atoms with van der Waals surface area (Å²) in [4.78, 5) is 11.0. The normalized spacial score (nSPS) is 11.8. The van der Waals surface area contributed by atoms with E-state index in [1.165, 1.54) is 23.9 Å². The van der Waals surface area contributed by atoms with Crippen molar-refractivity contribution in [3.8, 4) is 6.07 Å². The molecule has 0 spiro atoms. The second-order valence-electron chi connectivity index (χ2n) is 3.25. The topological polar surface area (TPSA) is 61.1 Å². The number of carbonyl (C=O) groups is 1. The number of nitriles is 1. The fourth-order valence-electron chi connectivity index (χ4n) is 1.22. The lowest BCUT2D eigenvalue weighted by Gasteiger charge is -2.09. The van der Waals surface area contributed by atoms with Crippen LogP contribution < -0.4 is 0 Å². The number of halogens is 1. The highest BCUT2D eigenvalue weighted by Gasteiger charge is 2.13. The van der Waals surface area contributed by atoms with E-state index in [9.17, 15) is 9.18 Å². The van der Waals surface area contributed by atoms with Crippen LogP contribution in [0.4, 0.5) is 4.39 Å². The van der Waals surface area contributed by atoms with Crippen molar-refractivity contribution in [3.05, 3.63) is 29.6 Å². The van der Waals surface area contributed by atoms with Gasteiger partial charge in [-0.1, -0.05) is 13.0 Å². The van der Waals surface area contributed by atoms with Gasteiger partial charge >= 0.3 is 5.97 Å². The van der Waals surface area contributed by atoms with Crippen molar-refractivity contribution in [1.82, 2.24) is 0 Å². The van der Waals surface area contributed by atoms with E-state index in [1.807, 2.05) is 0 Å². The maximum absolute atomic E-state index is 13.2. The number of aliphatic carboxylic acids is 1. The molecule has 0 bridgehead atoms. The van der Waals surface area contributed by atoms with Crippen LogP contribution in [0.1, 0.15) is 18.9 Å². The summed E-state index contributed by atoms with van der Waals surface area (Å²) in [6.45, 7) is 1.73. The molecule has 1 N–H and O–H groups in total. The van der Waals surface area contributed by atoms with Gasteiger partial charge in [0, 0.05) is 10.1 Å². The van der Waals surface area contributed by atoms with Crippen LogP contribution in [-0.2, 0) is 4.79 Å². The average molecular weight is 239 g/mol. The van der Waals surface area contributed by atoms with E-state index in [4.69, 9.17) is 10.4 Å². The van der Waals surface area contributed by atoms with Crippen molar-refractivity contribution >= 4 is 17.7 Å². The summed E-state index contributed by atoms with van der Waals surface area (Å²) < 4.78 is 13.2. The quantitative estimate of drug-likeness (QED) is 0.820. The molecule has 84 valence electrons. The van der Waals surface area contributed by atoms with E-state index in [2.05, 4.69) is 0 Å². The van der Waals surface area contributed by atoms with Crippen LogP contribution in [0.25, 0.3) is 0 Å². The average Bonchev–Trinajstić information content (AvgIpc) is 2.16. The molecule has 1 aromatic rings. The minimum atomic E-state index is -0.907. The van der Waals surface area contributed by atoms with Crippen LogP contribution in [0, 0.1) is 17.1 Å². The zero-order valence-electron chi connectivity index (χ0n) is 8.61. The van der Waals surface area contributed by atoms with Gasteiger partial charge in [0.2, 0.25) is 0 Å². The van der Waals surface area contributed by atoms with Gasteiger partial charge in [-0.2, -0.15) is 5.26 Å². The fraction of sp³-hybridized carbons (Fsp3) is 0.273. The number of benzene rings is 1. The van der Waals surface area contributed by atoms with E-state index < -0.39 is 11.8 Å². The Bertz CT molecular complexity index is 442. The van der Waals surface area contributed by atoms with Crippen LogP contribution in [0.2, 0.25) is 0 Å². The third kappa shape index (κ3) is 3.24. The first-order valence-corrected chi connectivity index (χ1v) is 5.49. The largest absolute Gasteiger partial charge is 0.481 e. The Morgan fingerprint density at radius 2 is 2.38 bits per heavy atom. The monoisotopic (exact) mass is 239 g/mol. The van der Waals surface area contributed by atoms with Gasteiger partial charge in [-0.05, 0) is 12.1 Å². The zero-order chi connectivity index (χ0) is 12.1. The van der Waals surface area contributed by atoms with Gasteiger partial charge in [-0.25, -0.2) is 4.39 Å². The fourth-order valence-corrected chi connectivity index (χ4v) is 2.29. The number of hydrogen-bond donors (Lipinski definition) is 1. The van der Waals surface area contributed by atoms with Gasteiger partial charge in [0.25, 0.3) is 0 Å². The van der Waals surface area contributed by atoms with Crippen LogP contribution in [0.3, 0.4) is 0 Å². The van der Waals surface area contributed by atoms with E-state index in [0.29, 0.717) is 4.90 Å². The molecule has 1 rings (SSSR count). The lowest BCUT2D eigenvalue weighted by atomic mass is 10.2. The van der Waals surface area contributed by atoms with Crippen molar-refractivity contribution in [2.24, 2.45) is 0 Å². The van der Waals surface area contributed by atoms with Gasteiger partial charge < -0.3 is 5.11 Å². The van der Waals surface area contributed by atoms with Gasteiger partial charge in [0.1, 0.15) is 17.4 Å². The van der Waals surface area contributed by atoms with E-state index in [-0.39, 0.29) is 17.2 Å². The molecule has 0 aromatic heterocycles. The second-order valence-corrected chi connectivity index (χ2v) is 4.73. The molecule has 0 heterocycles. The van der Waals surface area contributed by atoms with E-state index >= 15 is 0 Å². The maximum Gasteiger partial charge on any atom is 0.304 e. The number of hydrogen-bond acceptors (Lipinski definition) is 3. The van der Waals surface area contributed by atoms with Crippen LogP contribution in [-0.4, -0.2) is 16.3 Å². The van der Waals surface area contributed by atoms with E-state index in [0.717, 1.165) is 0 Å². The van der Waals surface area contributed by atoms with Crippen molar-refractivity contribution < 1.29 is 14.3 Å². The van der Waals surface area contributed by atoms with Gasteiger partial charge in [0.15, 0.2) is 0 Å². The van der Waals surface area contributed by atoms with E-state index in [1.54, 1.807) is 19.1 Å². The van der Waals surface area contributed by atoms with Crippen molar-refractivity contribution in [2.45, 2.75) is 23.5 Å². The number of carboxylic acid groups (broad SMARTS) is 1. The van der Waals surface area contributed by atoms with Crippen molar-refractivity contribution in [2.75, 3.05) is 0 Å². The molecule has 1 aromatic carbocycles. The third-order valence-corrected chi connectivity index (χ3v) is 3.04. The standard InChI is InChI=1S/C11H10FNO2S/c1-7(5-11(14)15)16-10-4-2-3-9(12)8(10)6-13/h2-4,7H,5H2,1H3,(H,14,15). The van der Waals surface area contributed by atoms with Crippen LogP contribution in [0.15, 0.2) is 23.1 Å². The molecule has 16 heavy (non-hydrogen) atoms. The van der Waals surface area contributed by atoms with Crippen LogP contribution >= 0.6 is 11.8 Å². The summed E-state index contributed by atoms with van der Waals surface area (Å²) in [5, 5.41) is 17.2. The minimum Gasteiger partial charge on any atom is -0.481 e. The first-order valence-electron chi connectivity index (χ1n) is 4.61. The molecule has 1 atom stereocenters. The molecule has 1 unspecified atom stereocenters. The number of rotatable bonds is 4. The predicted octanol–water partition coefficient (Wildman–Crippen LogP) is 2.65. The molecule has 0 aliphatic carbocycles. The highest BCUT2D eigenvalue weighted by atomic mass is 32.2. The SMILES string of the molecule is CC(CC(=O)O)Sc1cccc(F)c1C#N. The summed E-state index contributed by atoms with van der Waals surface area (Å²) in [6.07, 6.45) is -0.0218. The highest BCUT2D eigenvalue weighted by Crippen LogP contribution is 2.29. The Hall–Kier alpha value is -1.54. The lowest BCUT2D eigenvalue weighted by molar-refractivity contribution is -0.136. The third-order valence-electron chi connectivity index (χ3n) is 1.88. The molecule has 0 fully saturated rings. The second kappa shape index (κ2) is 5.52. The number of carboxylic acids is 1. The lowest BCUT2D eigenvalue weighted by Crippen LogP contribution is -2.05. The summed E-state index contributed by atoms with van der Waals surface area (Å²) in [6, 6.07) is 6.11. The Labute approximate surface area is 96.9 Å². The Morgan fingerprint density at radius 3 is 2.94 bits per heavy atom. The highest BCUT2D eigenvalue weighted by molar-refractivity contribution is 8.00. The molecule has 0 saturated carbocycles. The summed E-state index contributed by atoms with van der Waals surface area (Å²) in [7, 11) is 0. The first kappa shape index (κ1) is 12.5. The Morgan fingerprint density at radius 1 is 1.69 bits per heavy atom. The molecule has 5 heteroatoms. The zero-order valence-corrected chi connectivity index (χ0v) is 9.42. The van der Waals surface area contributed by atoms with Gasteiger partial charge in [0.05, 0.1) is 6.42 Å². The van der Waals surface area contributed by atoms with Crippen LogP contribution in [0.5, 0.6) is 0 Å². The molecule has 3 nitrogen and oxygen atoms in total. The van der Waals surface area contributed by atoms with Crippen molar-refractivity contribution in [3.63, 3.8) is 0 Å². The molecule has 0 aliphatic rings. The summed E-state index contributed by atoms with van der Waals surface area (Å²) >= 11 is 1.19. The molecule has 0 amide bonds. The Balaban J connectivity index is 2.85.